The van der Waals surface area contributed by atoms with Gasteiger partial charge in [-0.2, -0.15) is 0 Å². The highest BCUT2D eigenvalue weighted by atomic mass is 16.3. The lowest BCUT2D eigenvalue weighted by Gasteiger charge is -2.49. The van der Waals surface area contributed by atoms with Gasteiger partial charge < -0.3 is 9.73 Å². The molecule has 1 aromatic heterocycles. The number of fused-ring (bicyclic) bond motifs is 3. The van der Waals surface area contributed by atoms with E-state index in [0.29, 0.717) is 17.7 Å². The predicted octanol–water partition coefficient (Wildman–Crippen LogP) is 3.72. The number of hydrogen-bond donors (Lipinski definition) is 1. The topological polar surface area (TPSA) is 45.5 Å². The first kappa shape index (κ1) is 16.4. The van der Waals surface area contributed by atoms with Gasteiger partial charge in [-0.1, -0.05) is 31.2 Å². The van der Waals surface area contributed by atoms with Crippen LogP contribution in [-0.2, 0) is 6.42 Å². The second-order valence-corrected chi connectivity index (χ2v) is 7.33. The van der Waals surface area contributed by atoms with Gasteiger partial charge in [0.1, 0.15) is 5.76 Å². The molecule has 1 N–H and O–H groups in total. The second-order valence-electron chi connectivity index (χ2n) is 7.33. The van der Waals surface area contributed by atoms with Crippen molar-refractivity contribution in [1.29, 1.82) is 0 Å². The largest absolute Gasteiger partial charge is 0.451 e. The van der Waals surface area contributed by atoms with Gasteiger partial charge in [-0.25, -0.2) is 0 Å². The van der Waals surface area contributed by atoms with E-state index in [9.17, 15) is 4.79 Å². The number of nitrogens with one attached hydrogen (secondary N) is 1. The van der Waals surface area contributed by atoms with Crippen LogP contribution in [0.25, 0.3) is 11.3 Å². The van der Waals surface area contributed by atoms with E-state index in [-0.39, 0.29) is 11.9 Å². The van der Waals surface area contributed by atoms with Crippen LogP contribution >= 0.6 is 0 Å². The van der Waals surface area contributed by atoms with Crippen molar-refractivity contribution in [3.63, 3.8) is 0 Å². The molecule has 2 aromatic rings. The SMILES string of the molecule is CCc1ccc(-c2ccc(C(=O)N[C@@H]3C4CCN(CC4)[C@H]3C)o2)cc1. The summed E-state index contributed by atoms with van der Waals surface area (Å²) in [7, 11) is 0. The Morgan fingerprint density at radius 2 is 1.88 bits per heavy atom. The van der Waals surface area contributed by atoms with Crippen molar-refractivity contribution in [2.24, 2.45) is 5.92 Å². The van der Waals surface area contributed by atoms with Crippen molar-refractivity contribution in [2.75, 3.05) is 13.1 Å². The van der Waals surface area contributed by atoms with Crippen LogP contribution in [0.5, 0.6) is 0 Å². The summed E-state index contributed by atoms with van der Waals surface area (Å²) in [4.78, 5) is 15.1. The highest BCUT2D eigenvalue weighted by Crippen LogP contribution is 2.32. The Bertz CT molecular complexity index is 740. The Hall–Kier alpha value is -2.07. The average molecular weight is 338 g/mol. The molecule has 0 radical (unpaired) electrons. The van der Waals surface area contributed by atoms with Crippen LogP contribution in [-0.4, -0.2) is 36.0 Å². The van der Waals surface area contributed by atoms with Crippen molar-refractivity contribution in [3.8, 4) is 11.3 Å². The third-order valence-corrected chi connectivity index (χ3v) is 5.95. The van der Waals surface area contributed by atoms with Crippen LogP contribution in [0.15, 0.2) is 40.8 Å². The predicted molar refractivity (Wildman–Crippen MR) is 98.5 cm³/mol. The molecule has 1 aromatic carbocycles. The Labute approximate surface area is 149 Å². The number of nitrogens with zero attached hydrogens (tertiary/aromatic N) is 1. The number of carbonyl (C=O) groups excluding carboxylic acids is 1. The molecule has 25 heavy (non-hydrogen) atoms. The van der Waals surface area contributed by atoms with Crippen molar-refractivity contribution < 1.29 is 9.21 Å². The average Bonchev–Trinajstić information content (AvgIpc) is 3.15. The number of carbonyl (C=O) groups is 1. The summed E-state index contributed by atoms with van der Waals surface area (Å²) >= 11 is 0. The maximum absolute atomic E-state index is 12.7. The monoisotopic (exact) mass is 338 g/mol. The van der Waals surface area contributed by atoms with E-state index in [1.807, 2.05) is 6.07 Å². The molecule has 0 unspecified atom stereocenters. The van der Waals surface area contributed by atoms with Crippen molar-refractivity contribution >= 4 is 5.91 Å². The molecular weight excluding hydrogens is 312 g/mol. The summed E-state index contributed by atoms with van der Waals surface area (Å²) in [6, 6.07) is 12.6. The zero-order valence-corrected chi connectivity index (χ0v) is 15.0. The summed E-state index contributed by atoms with van der Waals surface area (Å²) in [6.45, 7) is 6.69. The maximum Gasteiger partial charge on any atom is 0.287 e. The number of hydrogen-bond acceptors (Lipinski definition) is 3. The number of aryl methyl sites for hydroxylation is 1. The van der Waals surface area contributed by atoms with E-state index >= 15 is 0 Å². The number of rotatable bonds is 4. The lowest BCUT2D eigenvalue weighted by molar-refractivity contribution is 0.0211. The highest BCUT2D eigenvalue weighted by Gasteiger charge is 2.40. The van der Waals surface area contributed by atoms with E-state index in [1.165, 1.54) is 18.4 Å². The molecule has 4 nitrogen and oxygen atoms in total. The first-order chi connectivity index (χ1) is 12.2. The van der Waals surface area contributed by atoms with Gasteiger partial charge >= 0.3 is 0 Å². The minimum Gasteiger partial charge on any atom is -0.451 e. The lowest BCUT2D eigenvalue weighted by atomic mass is 9.79. The van der Waals surface area contributed by atoms with Crippen LogP contribution < -0.4 is 5.32 Å². The number of piperidine rings is 3. The normalized spacial score (nSPS) is 28.1. The molecule has 0 aliphatic carbocycles. The Balaban J connectivity index is 1.47. The first-order valence-corrected chi connectivity index (χ1v) is 9.39. The maximum atomic E-state index is 12.7. The minimum absolute atomic E-state index is 0.0953. The second kappa shape index (κ2) is 6.68. The molecule has 132 valence electrons. The zero-order valence-electron chi connectivity index (χ0n) is 15.0. The van der Waals surface area contributed by atoms with Gasteiger partial charge in [0, 0.05) is 17.6 Å². The summed E-state index contributed by atoms with van der Waals surface area (Å²) in [5.41, 5.74) is 2.30. The fourth-order valence-electron chi connectivity index (χ4n) is 4.29. The van der Waals surface area contributed by atoms with Gasteiger partial charge in [0.05, 0.1) is 0 Å². The zero-order chi connectivity index (χ0) is 17.4. The van der Waals surface area contributed by atoms with E-state index < -0.39 is 0 Å². The third-order valence-electron chi connectivity index (χ3n) is 5.95. The van der Waals surface area contributed by atoms with Crippen LogP contribution in [0.3, 0.4) is 0 Å². The Morgan fingerprint density at radius 1 is 1.16 bits per heavy atom. The van der Waals surface area contributed by atoms with E-state index in [0.717, 1.165) is 30.8 Å². The molecule has 3 fully saturated rings. The molecule has 1 amide bonds. The van der Waals surface area contributed by atoms with Crippen LogP contribution in [0, 0.1) is 5.92 Å². The Morgan fingerprint density at radius 3 is 2.52 bits per heavy atom. The molecule has 5 rings (SSSR count). The fraction of sp³-hybridized carbons (Fsp3) is 0.476. The summed E-state index contributed by atoms with van der Waals surface area (Å²) in [6.07, 6.45) is 3.38. The van der Waals surface area contributed by atoms with E-state index in [4.69, 9.17) is 4.42 Å². The summed E-state index contributed by atoms with van der Waals surface area (Å²) in [5.74, 6) is 1.65. The smallest absolute Gasteiger partial charge is 0.287 e. The first-order valence-electron chi connectivity index (χ1n) is 9.39. The van der Waals surface area contributed by atoms with Gasteiger partial charge in [-0.05, 0) is 62.9 Å². The van der Waals surface area contributed by atoms with Gasteiger partial charge in [0.25, 0.3) is 5.91 Å². The molecular formula is C21H26N2O2. The molecule has 3 aliphatic heterocycles. The molecule has 3 saturated heterocycles. The highest BCUT2D eigenvalue weighted by molar-refractivity contribution is 5.92. The lowest BCUT2D eigenvalue weighted by Crippen LogP contribution is -2.62. The van der Waals surface area contributed by atoms with Gasteiger partial charge in [-0.15, -0.1) is 0 Å². The molecule has 0 saturated carbocycles. The molecule has 4 heteroatoms. The quantitative estimate of drug-likeness (QED) is 0.924. The van der Waals surface area contributed by atoms with Gasteiger partial charge in [0.2, 0.25) is 0 Å². The molecule has 2 bridgehead atoms. The van der Waals surface area contributed by atoms with Crippen LogP contribution in [0.1, 0.15) is 42.8 Å². The Kier molecular flexibility index (Phi) is 4.38. The number of amides is 1. The van der Waals surface area contributed by atoms with Crippen molar-refractivity contribution in [2.45, 2.75) is 45.2 Å². The number of furan rings is 1. The van der Waals surface area contributed by atoms with Crippen molar-refractivity contribution in [3.05, 3.63) is 47.7 Å². The van der Waals surface area contributed by atoms with E-state index in [2.05, 4.69) is 48.3 Å². The van der Waals surface area contributed by atoms with E-state index in [1.54, 1.807) is 6.07 Å². The molecule has 0 spiro atoms. The third kappa shape index (κ3) is 3.11. The summed E-state index contributed by atoms with van der Waals surface area (Å²) in [5, 5.41) is 3.23. The van der Waals surface area contributed by atoms with Gasteiger partial charge in [-0.3, -0.25) is 9.69 Å². The fourth-order valence-corrected chi connectivity index (χ4v) is 4.29. The summed E-state index contributed by atoms with van der Waals surface area (Å²) < 4.78 is 5.84. The molecule has 2 atom stereocenters. The number of benzene rings is 1. The minimum atomic E-state index is -0.0953. The van der Waals surface area contributed by atoms with Crippen molar-refractivity contribution in [1.82, 2.24) is 10.2 Å². The standard InChI is InChI=1S/C21H26N2O2/c1-3-15-4-6-16(7-5-15)18-8-9-19(25-18)21(24)22-20-14(2)23-12-10-17(20)11-13-23/h4-9,14,17,20H,3,10-13H2,1-2H3,(H,22,24)/t14-,20-/m0/s1. The van der Waals surface area contributed by atoms with Crippen LogP contribution in [0.2, 0.25) is 0 Å². The van der Waals surface area contributed by atoms with Gasteiger partial charge in [0.15, 0.2) is 5.76 Å². The molecule has 3 aliphatic rings. The molecule has 4 heterocycles. The van der Waals surface area contributed by atoms with Crippen LogP contribution in [0.4, 0.5) is 0 Å².